The first-order valence-electron chi connectivity index (χ1n) is 10.6. The maximum atomic E-state index is 4.99. The Morgan fingerprint density at radius 1 is 0.893 bits per heavy atom. The molecule has 0 aliphatic heterocycles. The number of rotatable bonds is 6. The molecule has 0 amide bonds. The minimum atomic E-state index is -0.445. The Labute approximate surface area is 171 Å². The molecule has 28 heavy (non-hydrogen) atoms. The van der Waals surface area contributed by atoms with Crippen LogP contribution in [0.1, 0.15) is 39.0 Å². The summed E-state index contributed by atoms with van der Waals surface area (Å²) in [6.07, 6.45) is 15.7. The molecule has 2 atom stereocenters. The standard InChI is InChI=1S/C26H30NP/c1-21(26-19-11-12-22(26)20-27-23-13-5-2-6-14-23)28(24-15-7-3-8-16-24)25-17-9-4-10-18-25/h3-4,7-12,15-23H,2,5-6,13-14H2,1H3/t21-,22?/m1/s1. The first-order chi connectivity index (χ1) is 13.8. The van der Waals surface area contributed by atoms with Crippen LogP contribution in [0.25, 0.3) is 0 Å². The Morgan fingerprint density at radius 3 is 2.11 bits per heavy atom. The third-order valence-electron chi connectivity index (χ3n) is 5.96. The molecule has 2 heteroatoms. The third kappa shape index (κ3) is 4.53. The van der Waals surface area contributed by atoms with Crippen molar-refractivity contribution >= 4 is 24.7 Å². The van der Waals surface area contributed by atoms with Gasteiger partial charge in [-0.15, -0.1) is 0 Å². The van der Waals surface area contributed by atoms with Crippen molar-refractivity contribution in [2.24, 2.45) is 10.9 Å². The second-order valence-electron chi connectivity index (χ2n) is 7.88. The molecule has 0 aromatic heterocycles. The SMILES string of the molecule is C[C@H](C1=CC=CC1C=NC1CCCCC1)P(c1ccccc1)c1ccccc1. The van der Waals surface area contributed by atoms with Crippen LogP contribution >= 0.6 is 7.92 Å². The van der Waals surface area contributed by atoms with E-state index in [1.165, 1.54) is 48.3 Å². The van der Waals surface area contributed by atoms with Gasteiger partial charge < -0.3 is 0 Å². The van der Waals surface area contributed by atoms with Gasteiger partial charge in [-0.1, -0.05) is 111 Å². The summed E-state index contributed by atoms with van der Waals surface area (Å²) >= 11 is 0. The average Bonchev–Trinajstić information content (AvgIpc) is 3.23. The fourth-order valence-electron chi connectivity index (χ4n) is 4.43. The minimum absolute atomic E-state index is 0.356. The Hall–Kier alpha value is -1.98. The van der Waals surface area contributed by atoms with Gasteiger partial charge in [0.25, 0.3) is 0 Å². The predicted octanol–water partition coefficient (Wildman–Crippen LogP) is 6.02. The summed E-state index contributed by atoms with van der Waals surface area (Å²) in [5.74, 6) is 0.356. The Balaban J connectivity index is 1.57. The molecular weight excluding hydrogens is 357 g/mol. The van der Waals surface area contributed by atoms with Crippen molar-refractivity contribution in [3.8, 4) is 0 Å². The van der Waals surface area contributed by atoms with Crippen molar-refractivity contribution < 1.29 is 0 Å². The van der Waals surface area contributed by atoms with E-state index in [1.54, 1.807) is 0 Å². The zero-order valence-electron chi connectivity index (χ0n) is 16.7. The Morgan fingerprint density at radius 2 is 1.50 bits per heavy atom. The summed E-state index contributed by atoms with van der Waals surface area (Å²) in [5, 5.41) is 2.90. The van der Waals surface area contributed by atoms with E-state index < -0.39 is 7.92 Å². The molecule has 1 saturated carbocycles. The summed E-state index contributed by atoms with van der Waals surface area (Å²) in [6.45, 7) is 2.41. The van der Waals surface area contributed by atoms with Gasteiger partial charge in [-0.3, -0.25) is 4.99 Å². The van der Waals surface area contributed by atoms with Gasteiger partial charge in [0.05, 0.1) is 0 Å². The Bertz CT molecular complexity index is 792. The van der Waals surface area contributed by atoms with E-state index in [9.17, 15) is 0 Å². The second-order valence-corrected chi connectivity index (χ2v) is 10.4. The van der Waals surface area contributed by atoms with Gasteiger partial charge in [-0.25, -0.2) is 0 Å². The van der Waals surface area contributed by atoms with Crippen molar-refractivity contribution in [3.05, 3.63) is 84.5 Å². The van der Waals surface area contributed by atoms with Gasteiger partial charge in [0, 0.05) is 23.8 Å². The number of benzene rings is 2. The lowest BCUT2D eigenvalue weighted by Gasteiger charge is -2.29. The monoisotopic (exact) mass is 387 g/mol. The smallest absolute Gasteiger partial charge is 0.0496 e. The summed E-state index contributed by atoms with van der Waals surface area (Å²) in [6, 6.07) is 22.6. The lowest BCUT2D eigenvalue weighted by atomic mass is 9.95. The highest BCUT2D eigenvalue weighted by Gasteiger charge is 2.28. The maximum absolute atomic E-state index is 4.99. The lowest BCUT2D eigenvalue weighted by Crippen LogP contribution is -2.23. The van der Waals surface area contributed by atoms with E-state index >= 15 is 0 Å². The zero-order chi connectivity index (χ0) is 19.2. The summed E-state index contributed by atoms with van der Waals surface area (Å²) in [5.41, 5.74) is 2.00. The van der Waals surface area contributed by atoms with Crippen LogP contribution in [0.5, 0.6) is 0 Å². The van der Waals surface area contributed by atoms with Crippen molar-refractivity contribution in [1.82, 2.24) is 0 Å². The highest BCUT2D eigenvalue weighted by molar-refractivity contribution is 7.73. The van der Waals surface area contributed by atoms with Gasteiger partial charge >= 0.3 is 0 Å². The fraction of sp³-hybridized carbons (Fsp3) is 0.346. The zero-order valence-corrected chi connectivity index (χ0v) is 17.6. The summed E-state index contributed by atoms with van der Waals surface area (Å²) in [7, 11) is -0.445. The van der Waals surface area contributed by atoms with Crippen molar-refractivity contribution in [1.29, 1.82) is 0 Å². The molecular formula is C26H30NP. The number of allylic oxidation sites excluding steroid dienone is 4. The molecule has 1 unspecified atom stereocenters. The summed E-state index contributed by atoms with van der Waals surface area (Å²) < 4.78 is 0. The number of nitrogens with zero attached hydrogens (tertiary/aromatic N) is 1. The molecule has 2 aromatic carbocycles. The molecule has 0 radical (unpaired) electrons. The van der Waals surface area contributed by atoms with Crippen LogP contribution in [-0.4, -0.2) is 17.9 Å². The highest BCUT2D eigenvalue weighted by Crippen LogP contribution is 2.45. The molecule has 144 valence electrons. The molecule has 2 aliphatic carbocycles. The van der Waals surface area contributed by atoms with E-state index in [0.717, 1.165) is 0 Å². The lowest BCUT2D eigenvalue weighted by molar-refractivity contribution is 0.443. The van der Waals surface area contributed by atoms with Crippen molar-refractivity contribution in [2.45, 2.75) is 50.7 Å². The number of hydrogen-bond acceptors (Lipinski definition) is 1. The van der Waals surface area contributed by atoms with Gasteiger partial charge in [0.15, 0.2) is 0 Å². The van der Waals surface area contributed by atoms with Crippen molar-refractivity contribution in [2.75, 3.05) is 0 Å². The molecule has 0 heterocycles. The van der Waals surface area contributed by atoms with Crippen LogP contribution in [0.2, 0.25) is 0 Å². The van der Waals surface area contributed by atoms with Crippen LogP contribution in [-0.2, 0) is 0 Å². The second kappa shape index (κ2) is 9.48. The predicted molar refractivity (Wildman–Crippen MR) is 125 cm³/mol. The third-order valence-corrected chi connectivity index (χ3v) is 8.74. The number of hydrogen-bond donors (Lipinski definition) is 0. The normalized spacial score (nSPS) is 21.4. The minimum Gasteiger partial charge on any atom is -0.293 e. The van der Waals surface area contributed by atoms with E-state index in [2.05, 4.69) is 92.0 Å². The highest BCUT2D eigenvalue weighted by atomic mass is 31.1. The van der Waals surface area contributed by atoms with E-state index in [0.29, 0.717) is 17.6 Å². The molecule has 1 fully saturated rings. The van der Waals surface area contributed by atoms with Gasteiger partial charge in [0.2, 0.25) is 0 Å². The number of aliphatic imine (C=N–C) groups is 1. The van der Waals surface area contributed by atoms with Crippen LogP contribution in [0, 0.1) is 5.92 Å². The molecule has 0 bridgehead atoms. The topological polar surface area (TPSA) is 12.4 Å². The van der Waals surface area contributed by atoms with Crippen LogP contribution in [0.4, 0.5) is 0 Å². The molecule has 0 N–H and O–H groups in total. The average molecular weight is 388 g/mol. The molecule has 2 aromatic rings. The quantitative estimate of drug-likeness (QED) is 0.424. The van der Waals surface area contributed by atoms with Gasteiger partial charge in [0.1, 0.15) is 0 Å². The molecule has 0 spiro atoms. The summed E-state index contributed by atoms with van der Waals surface area (Å²) in [4.78, 5) is 4.99. The van der Waals surface area contributed by atoms with E-state index in [4.69, 9.17) is 4.99 Å². The van der Waals surface area contributed by atoms with Crippen LogP contribution < -0.4 is 10.6 Å². The van der Waals surface area contributed by atoms with Crippen LogP contribution in [0.15, 0.2) is 89.5 Å². The fourth-order valence-corrected chi connectivity index (χ4v) is 7.16. The van der Waals surface area contributed by atoms with Crippen molar-refractivity contribution in [3.63, 3.8) is 0 Å². The molecule has 2 aliphatic rings. The first kappa shape index (κ1) is 19.3. The van der Waals surface area contributed by atoms with Gasteiger partial charge in [-0.2, -0.15) is 0 Å². The van der Waals surface area contributed by atoms with Crippen LogP contribution in [0.3, 0.4) is 0 Å². The van der Waals surface area contributed by atoms with Gasteiger partial charge in [-0.05, 0) is 31.4 Å². The Kier molecular flexibility index (Phi) is 6.55. The maximum Gasteiger partial charge on any atom is 0.0496 e. The molecule has 0 saturated heterocycles. The largest absolute Gasteiger partial charge is 0.293 e. The van der Waals surface area contributed by atoms with E-state index in [1.807, 2.05) is 0 Å². The molecule has 4 rings (SSSR count). The van der Waals surface area contributed by atoms with E-state index in [-0.39, 0.29) is 0 Å². The molecule has 1 nitrogen and oxygen atoms in total. The first-order valence-corrected chi connectivity index (χ1v) is 12.0.